The number of nitrogens with zero attached hydrogens (tertiary/aromatic N) is 4. The lowest BCUT2D eigenvalue weighted by atomic mass is 10.2. The zero-order valence-corrected chi connectivity index (χ0v) is 17.8. The van der Waals surface area contributed by atoms with Gasteiger partial charge in [0.15, 0.2) is 0 Å². The maximum Gasteiger partial charge on any atom is 0.277 e. The number of carbonyl (C=O) groups excluding carboxylic acids is 1. The second-order valence-electron chi connectivity index (χ2n) is 6.49. The van der Waals surface area contributed by atoms with Crippen LogP contribution in [0.3, 0.4) is 0 Å². The fourth-order valence-electron chi connectivity index (χ4n) is 3.11. The second-order valence-corrected chi connectivity index (χ2v) is 8.26. The van der Waals surface area contributed by atoms with Crippen molar-refractivity contribution in [2.45, 2.75) is 5.22 Å². The Hall–Kier alpha value is -2.22. The van der Waals surface area contributed by atoms with E-state index in [2.05, 4.69) is 15.1 Å². The molecule has 0 N–H and O–H groups in total. The van der Waals surface area contributed by atoms with E-state index in [0.29, 0.717) is 39.8 Å². The van der Waals surface area contributed by atoms with Gasteiger partial charge in [0.2, 0.25) is 11.8 Å². The van der Waals surface area contributed by atoms with E-state index in [1.165, 1.54) is 11.8 Å². The summed E-state index contributed by atoms with van der Waals surface area (Å²) in [5.41, 5.74) is 1.76. The van der Waals surface area contributed by atoms with E-state index in [9.17, 15) is 4.79 Å². The molecule has 0 aliphatic carbocycles. The van der Waals surface area contributed by atoms with Crippen molar-refractivity contribution >= 4 is 46.6 Å². The van der Waals surface area contributed by atoms with Crippen LogP contribution in [0.25, 0.3) is 11.5 Å². The van der Waals surface area contributed by atoms with Crippen molar-refractivity contribution in [1.82, 2.24) is 15.1 Å². The molecule has 2 heterocycles. The van der Waals surface area contributed by atoms with Gasteiger partial charge in [0.05, 0.1) is 16.3 Å². The lowest BCUT2D eigenvalue weighted by molar-refractivity contribution is -0.128. The molecule has 0 unspecified atom stereocenters. The second kappa shape index (κ2) is 9.07. The van der Waals surface area contributed by atoms with Crippen LogP contribution in [-0.4, -0.2) is 52.9 Å². The van der Waals surface area contributed by atoms with Crippen molar-refractivity contribution in [1.29, 1.82) is 0 Å². The fraction of sp³-hybridized carbons (Fsp3) is 0.250. The third-order valence-corrected chi connectivity index (χ3v) is 6.00. The number of amides is 1. The highest BCUT2D eigenvalue weighted by Crippen LogP contribution is 2.29. The molecule has 0 bridgehead atoms. The number of anilines is 1. The van der Waals surface area contributed by atoms with Gasteiger partial charge < -0.3 is 14.2 Å². The van der Waals surface area contributed by atoms with Crippen LogP contribution in [0.1, 0.15) is 0 Å². The third-order valence-electron chi connectivity index (χ3n) is 4.64. The number of rotatable bonds is 5. The molecule has 0 saturated carbocycles. The Kier molecular flexibility index (Phi) is 6.28. The topological polar surface area (TPSA) is 62.5 Å². The summed E-state index contributed by atoms with van der Waals surface area (Å²) in [6.07, 6.45) is 0. The smallest absolute Gasteiger partial charge is 0.277 e. The van der Waals surface area contributed by atoms with Crippen LogP contribution < -0.4 is 4.90 Å². The summed E-state index contributed by atoms with van der Waals surface area (Å²) in [5.74, 6) is 0.653. The average molecular weight is 449 g/mol. The van der Waals surface area contributed by atoms with Gasteiger partial charge in [-0.3, -0.25) is 4.79 Å². The van der Waals surface area contributed by atoms with Gasteiger partial charge in [-0.05, 0) is 30.3 Å². The maximum absolute atomic E-state index is 12.6. The first-order valence-electron chi connectivity index (χ1n) is 9.09. The van der Waals surface area contributed by atoms with E-state index in [4.69, 9.17) is 27.6 Å². The summed E-state index contributed by atoms with van der Waals surface area (Å²) >= 11 is 13.5. The molecule has 4 rings (SSSR count). The molecule has 2 aromatic carbocycles. The SMILES string of the molecule is O=C(CSc1nnc(-c2ccccc2Cl)o1)N1CCN(c2cccc(Cl)c2)CC1. The number of aromatic nitrogens is 2. The van der Waals surface area contributed by atoms with Crippen molar-refractivity contribution < 1.29 is 9.21 Å². The van der Waals surface area contributed by atoms with E-state index >= 15 is 0 Å². The Morgan fingerprint density at radius 3 is 2.59 bits per heavy atom. The van der Waals surface area contributed by atoms with Crippen molar-refractivity contribution in [3.05, 3.63) is 58.6 Å². The summed E-state index contributed by atoms with van der Waals surface area (Å²) in [6.45, 7) is 2.88. The molecule has 150 valence electrons. The molecule has 0 atom stereocenters. The predicted octanol–water partition coefficient (Wildman–Crippen LogP) is 4.48. The number of hydrogen-bond acceptors (Lipinski definition) is 6. The zero-order valence-electron chi connectivity index (χ0n) is 15.4. The first-order valence-corrected chi connectivity index (χ1v) is 10.8. The number of hydrogen-bond donors (Lipinski definition) is 0. The molecule has 3 aromatic rings. The Morgan fingerprint density at radius 2 is 1.83 bits per heavy atom. The molecular weight excluding hydrogens is 431 g/mol. The monoisotopic (exact) mass is 448 g/mol. The molecule has 0 spiro atoms. The number of thioether (sulfide) groups is 1. The molecule has 0 radical (unpaired) electrons. The molecule has 1 aliphatic rings. The third kappa shape index (κ3) is 4.86. The van der Waals surface area contributed by atoms with Gasteiger partial charge in [-0.2, -0.15) is 0 Å². The first kappa shape index (κ1) is 20.1. The molecular formula is C20H18Cl2N4O2S. The van der Waals surface area contributed by atoms with Crippen LogP contribution in [0.2, 0.25) is 10.0 Å². The van der Waals surface area contributed by atoms with E-state index < -0.39 is 0 Å². The zero-order chi connectivity index (χ0) is 20.2. The van der Waals surface area contributed by atoms with Gasteiger partial charge in [0, 0.05) is 36.9 Å². The number of benzene rings is 2. The summed E-state index contributed by atoms with van der Waals surface area (Å²) in [4.78, 5) is 16.6. The van der Waals surface area contributed by atoms with Crippen molar-refractivity contribution in [2.24, 2.45) is 0 Å². The molecule has 1 aromatic heterocycles. The normalized spacial score (nSPS) is 14.3. The molecule has 9 heteroatoms. The quantitative estimate of drug-likeness (QED) is 0.536. The molecule has 1 fully saturated rings. The van der Waals surface area contributed by atoms with Gasteiger partial charge in [0.25, 0.3) is 5.22 Å². The molecule has 6 nitrogen and oxygen atoms in total. The lowest BCUT2D eigenvalue weighted by Crippen LogP contribution is -2.49. The Balaban J connectivity index is 1.29. The van der Waals surface area contributed by atoms with E-state index in [-0.39, 0.29) is 11.7 Å². The van der Waals surface area contributed by atoms with Crippen LogP contribution in [0.15, 0.2) is 58.2 Å². The Bertz CT molecular complexity index is 1010. The summed E-state index contributed by atoms with van der Waals surface area (Å²) in [5, 5.41) is 9.64. The molecule has 1 aliphatic heterocycles. The largest absolute Gasteiger partial charge is 0.411 e. The molecule has 1 saturated heterocycles. The van der Waals surface area contributed by atoms with Gasteiger partial charge in [-0.1, -0.05) is 53.2 Å². The van der Waals surface area contributed by atoms with Crippen LogP contribution in [0.4, 0.5) is 5.69 Å². The average Bonchev–Trinajstić information content (AvgIpc) is 3.21. The van der Waals surface area contributed by atoms with E-state index in [1.807, 2.05) is 47.4 Å². The lowest BCUT2D eigenvalue weighted by Gasteiger charge is -2.36. The summed E-state index contributed by atoms with van der Waals surface area (Å²) < 4.78 is 5.64. The van der Waals surface area contributed by atoms with E-state index in [0.717, 1.165) is 18.8 Å². The molecule has 1 amide bonds. The number of piperazine rings is 1. The number of carbonyl (C=O) groups is 1. The minimum absolute atomic E-state index is 0.0539. The Labute approximate surface area is 182 Å². The van der Waals surface area contributed by atoms with Crippen molar-refractivity contribution in [3.8, 4) is 11.5 Å². The van der Waals surface area contributed by atoms with Crippen molar-refractivity contribution in [3.63, 3.8) is 0 Å². The van der Waals surface area contributed by atoms with Crippen LogP contribution in [-0.2, 0) is 4.79 Å². The van der Waals surface area contributed by atoms with Gasteiger partial charge in [-0.15, -0.1) is 10.2 Å². The van der Waals surface area contributed by atoms with Gasteiger partial charge in [0.1, 0.15) is 0 Å². The molecule has 29 heavy (non-hydrogen) atoms. The van der Waals surface area contributed by atoms with Crippen LogP contribution in [0.5, 0.6) is 0 Å². The van der Waals surface area contributed by atoms with Crippen LogP contribution in [0, 0.1) is 0 Å². The highest BCUT2D eigenvalue weighted by molar-refractivity contribution is 7.99. The highest BCUT2D eigenvalue weighted by Gasteiger charge is 2.22. The van der Waals surface area contributed by atoms with E-state index in [1.54, 1.807) is 6.07 Å². The minimum Gasteiger partial charge on any atom is -0.411 e. The number of halogens is 2. The first-order chi connectivity index (χ1) is 14.1. The van der Waals surface area contributed by atoms with Crippen LogP contribution >= 0.6 is 35.0 Å². The van der Waals surface area contributed by atoms with Gasteiger partial charge in [-0.25, -0.2) is 0 Å². The summed E-state index contributed by atoms with van der Waals surface area (Å²) in [7, 11) is 0. The Morgan fingerprint density at radius 1 is 1.03 bits per heavy atom. The standard InChI is InChI=1S/C20H18Cl2N4O2S/c21-14-4-3-5-15(12-14)25-8-10-26(11-9-25)18(27)13-29-20-24-23-19(28-20)16-6-1-2-7-17(16)22/h1-7,12H,8-11,13H2. The predicted molar refractivity (Wildman–Crippen MR) is 116 cm³/mol. The maximum atomic E-state index is 12.6. The minimum atomic E-state index is 0.0539. The van der Waals surface area contributed by atoms with Gasteiger partial charge >= 0.3 is 0 Å². The fourth-order valence-corrected chi connectivity index (χ4v) is 4.18. The van der Waals surface area contributed by atoms with Crippen molar-refractivity contribution in [2.75, 3.05) is 36.8 Å². The highest BCUT2D eigenvalue weighted by atomic mass is 35.5. The summed E-state index contributed by atoms with van der Waals surface area (Å²) in [6, 6.07) is 15.0.